The second-order valence-corrected chi connectivity index (χ2v) is 6.34. The van der Waals surface area contributed by atoms with Gasteiger partial charge in [0.15, 0.2) is 0 Å². The number of carbonyl (C=O) groups is 1. The van der Waals surface area contributed by atoms with E-state index in [0.29, 0.717) is 18.8 Å². The molecule has 0 radical (unpaired) electrons. The summed E-state index contributed by atoms with van der Waals surface area (Å²) in [5, 5.41) is 12.1. The van der Waals surface area contributed by atoms with Crippen LogP contribution in [0.25, 0.3) is 0 Å². The van der Waals surface area contributed by atoms with E-state index in [1.165, 1.54) is 32.3 Å². The van der Waals surface area contributed by atoms with Gasteiger partial charge in [-0.1, -0.05) is 0 Å². The maximum atomic E-state index is 12.1. The fourth-order valence-corrected chi connectivity index (χ4v) is 2.62. The molecule has 8 heteroatoms. The first kappa shape index (κ1) is 16.4. The van der Waals surface area contributed by atoms with Gasteiger partial charge < -0.3 is 15.2 Å². The van der Waals surface area contributed by atoms with Gasteiger partial charge in [-0.05, 0) is 18.2 Å². The summed E-state index contributed by atoms with van der Waals surface area (Å²) >= 11 is 0. The van der Waals surface area contributed by atoms with Gasteiger partial charge in [0.05, 0.1) is 17.1 Å². The molecule has 1 aromatic carbocycles. The van der Waals surface area contributed by atoms with Crippen LogP contribution >= 0.6 is 0 Å². The molecule has 2 N–H and O–H groups in total. The number of methoxy groups -OCH3 is 1. The fourth-order valence-electron chi connectivity index (χ4n) is 1.52. The van der Waals surface area contributed by atoms with E-state index in [1.54, 1.807) is 7.11 Å². The second kappa shape index (κ2) is 6.69. The maximum Gasteiger partial charge on any atom is 0.337 e. The Morgan fingerprint density at radius 1 is 1.40 bits per heavy atom. The number of nitrogens with zero attached hydrogens (tertiary/aromatic N) is 1. The predicted molar refractivity (Wildman–Crippen MR) is 74.6 cm³/mol. The van der Waals surface area contributed by atoms with Crippen LogP contribution in [0.15, 0.2) is 23.1 Å². The molecule has 0 saturated heterocycles. The number of sulfonamides is 1. The third kappa shape index (κ3) is 3.69. The number of ether oxygens (including phenoxy) is 1. The van der Waals surface area contributed by atoms with Gasteiger partial charge in [-0.2, -0.15) is 0 Å². The summed E-state index contributed by atoms with van der Waals surface area (Å²) in [6.07, 6.45) is 0. The quantitative estimate of drug-likeness (QED) is 0.720. The lowest BCUT2D eigenvalue weighted by atomic mass is 10.2. The lowest BCUT2D eigenvalue weighted by molar-refractivity contribution is 0.0692. The topological polar surface area (TPSA) is 95.9 Å². The zero-order valence-corrected chi connectivity index (χ0v) is 12.4. The number of carboxylic acids is 1. The molecular weight excluding hydrogens is 284 g/mol. The first-order valence-corrected chi connectivity index (χ1v) is 7.27. The number of aromatic carboxylic acids is 1. The minimum absolute atomic E-state index is 0.239. The molecular formula is C12H18N2O5S. The number of hydrogen-bond acceptors (Lipinski definition) is 5. The van der Waals surface area contributed by atoms with Crippen LogP contribution in [-0.4, -0.2) is 58.2 Å². The summed E-state index contributed by atoms with van der Waals surface area (Å²) in [7, 11) is 0.435. The first-order chi connectivity index (χ1) is 9.30. The Labute approximate surface area is 118 Å². The molecule has 0 fully saturated rings. The van der Waals surface area contributed by atoms with Crippen molar-refractivity contribution in [1.29, 1.82) is 0 Å². The number of hydrogen-bond donors (Lipinski definition) is 2. The van der Waals surface area contributed by atoms with E-state index >= 15 is 0 Å². The lowest BCUT2D eigenvalue weighted by Gasteiger charge is -2.15. The predicted octanol–water partition coefficient (Wildman–Crippen LogP) is 0.693. The van der Waals surface area contributed by atoms with Crippen LogP contribution in [0.2, 0.25) is 0 Å². The Hall–Kier alpha value is -1.64. The molecule has 0 saturated carbocycles. The molecule has 0 aliphatic rings. The van der Waals surface area contributed by atoms with Gasteiger partial charge >= 0.3 is 5.97 Å². The molecule has 7 nitrogen and oxygen atoms in total. The molecule has 1 aromatic rings. The molecule has 0 amide bonds. The number of anilines is 1. The van der Waals surface area contributed by atoms with Gasteiger partial charge in [0, 0.05) is 33.4 Å². The molecule has 0 heterocycles. The van der Waals surface area contributed by atoms with Gasteiger partial charge in [0.2, 0.25) is 10.0 Å². The molecule has 1 rings (SSSR count). The lowest BCUT2D eigenvalue weighted by Crippen LogP contribution is -2.24. The Bertz CT molecular complexity index is 584. The molecule has 0 unspecified atom stereocenters. The van der Waals surface area contributed by atoms with Crippen molar-refractivity contribution >= 4 is 21.7 Å². The minimum Gasteiger partial charge on any atom is -0.478 e. The van der Waals surface area contributed by atoms with Gasteiger partial charge in [-0.15, -0.1) is 0 Å². The van der Waals surface area contributed by atoms with E-state index in [0.717, 1.165) is 4.31 Å². The van der Waals surface area contributed by atoms with E-state index in [-0.39, 0.29) is 10.5 Å². The van der Waals surface area contributed by atoms with Crippen LogP contribution in [0, 0.1) is 0 Å². The molecule has 0 bridgehead atoms. The van der Waals surface area contributed by atoms with Gasteiger partial charge in [0.25, 0.3) is 0 Å². The summed E-state index contributed by atoms with van der Waals surface area (Å²) in [5.74, 6) is -1.28. The van der Waals surface area contributed by atoms with E-state index in [4.69, 9.17) is 9.84 Å². The normalized spacial score (nSPS) is 11.6. The van der Waals surface area contributed by atoms with Crippen LogP contribution in [-0.2, 0) is 14.8 Å². The summed E-state index contributed by atoms with van der Waals surface area (Å²) in [6.45, 7) is 0.945. The third-order valence-electron chi connectivity index (χ3n) is 2.61. The highest BCUT2D eigenvalue weighted by Crippen LogP contribution is 2.23. The molecule has 0 aromatic heterocycles. The molecule has 0 aliphatic heterocycles. The number of rotatable bonds is 7. The largest absolute Gasteiger partial charge is 0.478 e. The average Bonchev–Trinajstić information content (AvgIpc) is 2.38. The van der Waals surface area contributed by atoms with Crippen molar-refractivity contribution in [3.63, 3.8) is 0 Å². The van der Waals surface area contributed by atoms with Crippen LogP contribution in [0.1, 0.15) is 10.4 Å². The minimum atomic E-state index is -3.82. The fraction of sp³-hybridized carbons (Fsp3) is 0.417. The van der Waals surface area contributed by atoms with Crippen molar-refractivity contribution in [1.82, 2.24) is 4.31 Å². The van der Waals surface area contributed by atoms with Crippen LogP contribution in [0.5, 0.6) is 0 Å². The van der Waals surface area contributed by atoms with Gasteiger partial charge in [-0.25, -0.2) is 17.5 Å². The molecule has 0 spiro atoms. The van der Waals surface area contributed by atoms with Crippen molar-refractivity contribution in [3.05, 3.63) is 23.8 Å². The zero-order valence-electron chi connectivity index (χ0n) is 11.6. The van der Waals surface area contributed by atoms with Crippen molar-refractivity contribution in [2.24, 2.45) is 0 Å². The monoisotopic (exact) mass is 302 g/mol. The number of nitrogens with one attached hydrogen (secondary N) is 1. The van der Waals surface area contributed by atoms with Gasteiger partial charge in [0.1, 0.15) is 0 Å². The molecule has 0 atom stereocenters. The second-order valence-electron chi connectivity index (χ2n) is 4.22. The molecule has 20 heavy (non-hydrogen) atoms. The van der Waals surface area contributed by atoms with E-state index in [2.05, 4.69) is 5.32 Å². The highest BCUT2D eigenvalue weighted by Gasteiger charge is 2.24. The Morgan fingerprint density at radius 2 is 2.05 bits per heavy atom. The third-order valence-corrected chi connectivity index (χ3v) is 4.46. The van der Waals surface area contributed by atoms with Crippen molar-refractivity contribution in [2.75, 3.05) is 39.7 Å². The van der Waals surface area contributed by atoms with Crippen LogP contribution in [0.4, 0.5) is 5.69 Å². The van der Waals surface area contributed by atoms with Gasteiger partial charge in [-0.3, -0.25) is 0 Å². The zero-order chi connectivity index (χ0) is 15.3. The smallest absolute Gasteiger partial charge is 0.337 e. The summed E-state index contributed by atoms with van der Waals surface area (Å²) in [6, 6.07) is 4.11. The SMILES string of the molecule is COCCNc1ccc(C(=O)O)c(S(=O)(=O)N(C)C)c1. The van der Waals surface area contributed by atoms with Crippen molar-refractivity contribution in [3.8, 4) is 0 Å². The van der Waals surface area contributed by atoms with E-state index in [1.807, 2.05) is 0 Å². The highest BCUT2D eigenvalue weighted by molar-refractivity contribution is 7.89. The summed E-state index contributed by atoms with van der Waals surface area (Å²) < 4.78 is 30.2. The standard InChI is InChI=1S/C12H18N2O5S/c1-14(2)20(17,18)11-8-9(13-6-7-19-3)4-5-10(11)12(15)16/h4-5,8,13H,6-7H2,1-3H3,(H,15,16). The number of benzene rings is 1. The summed E-state index contributed by atoms with van der Waals surface area (Å²) in [4.78, 5) is 10.9. The number of carboxylic acid groups (broad SMARTS) is 1. The Balaban J connectivity index is 3.23. The maximum absolute atomic E-state index is 12.1. The first-order valence-electron chi connectivity index (χ1n) is 5.83. The van der Waals surface area contributed by atoms with Crippen molar-refractivity contribution in [2.45, 2.75) is 4.90 Å². The highest BCUT2D eigenvalue weighted by atomic mass is 32.2. The Kier molecular flexibility index (Phi) is 5.49. The van der Waals surface area contributed by atoms with Crippen molar-refractivity contribution < 1.29 is 23.1 Å². The van der Waals surface area contributed by atoms with E-state index < -0.39 is 16.0 Å². The summed E-state index contributed by atoms with van der Waals surface area (Å²) in [5.41, 5.74) is 0.267. The Morgan fingerprint density at radius 3 is 2.55 bits per heavy atom. The van der Waals surface area contributed by atoms with E-state index in [9.17, 15) is 13.2 Å². The average molecular weight is 302 g/mol. The van der Waals surface area contributed by atoms with Crippen LogP contribution in [0.3, 0.4) is 0 Å². The molecule has 0 aliphatic carbocycles. The molecule has 112 valence electrons. The van der Waals surface area contributed by atoms with Crippen LogP contribution < -0.4 is 5.32 Å².